The Labute approximate surface area is 88.1 Å². The van der Waals surface area contributed by atoms with Gasteiger partial charge in [0.15, 0.2) is 0 Å². The van der Waals surface area contributed by atoms with Crippen LogP contribution in [0.1, 0.15) is 20.4 Å². The lowest BCUT2D eigenvalue weighted by Gasteiger charge is -2.13. The van der Waals surface area contributed by atoms with E-state index in [0.717, 1.165) is 10.7 Å². The van der Waals surface area contributed by atoms with Crippen molar-refractivity contribution in [2.75, 3.05) is 14.1 Å². The number of rotatable bonds is 3. The van der Waals surface area contributed by atoms with Crippen LogP contribution >= 0.6 is 11.3 Å². The molecule has 0 amide bonds. The number of carbonyl (C=O) groups is 1. The molecule has 14 heavy (non-hydrogen) atoms. The third kappa shape index (κ3) is 2.01. The van der Waals surface area contributed by atoms with E-state index in [9.17, 15) is 4.79 Å². The zero-order valence-electron chi connectivity index (χ0n) is 8.92. The number of likely N-dealkylation sites (N-methyl/N-ethyl adjacent to an activating group) is 1. The number of nitrogens with zero attached hydrogens (tertiary/aromatic N) is 2. The van der Waals surface area contributed by atoms with Gasteiger partial charge in [-0.05, 0) is 13.8 Å². The van der Waals surface area contributed by atoms with Gasteiger partial charge in [0, 0.05) is 14.1 Å². The van der Waals surface area contributed by atoms with Gasteiger partial charge in [0.25, 0.3) is 0 Å². The summed E-state index contributed by atoms with van der Waals surface area (Å²) in [5.41, 5.74) is 1.29. The van der Waals surface area contributed by atoms with Crippen molar-refractivity contribution >= 4 is 17.1 Å². The molecule has 1 aromatic heterocycles. The van der Waals surface area contributed by atoms with Crippen molar-refractivity contribution < 1.29 is 4.79 Å². The number of hydrogen-bond donors (Lipinski definition) is 0. The van der Waals surface area contributed by atoms with E-state index < -0.39 is 0 Å². The van der Waals surface area contributed by atoms with E-state index in [4.69, 9.17) is 0 Å². The second-order valence-electron chi connectivity index (χ2n) is 3.32. The van der Waals surface area contributed by atoms with Crippen LogP contribution in [-0.2, 0) is 0 Å². The van der Waals surface area contributed by atoms with Crippen molar-refractivity contribution in [1.82, 2.24) is 9.88 Å². The number of hydrogen-bond acceptors (Lipinski definition) is 4. The summed E-state index contributed by atoms with van der Waals surface area (Å²) in [5.74, 6) is -0.0295. The first-order valence-electron chi connectivity index (χ1n) is 4.28. The van der Waals surface area contributed by atoms with Crippen LogP contribution in [0.2, 0.25) is 0 Å². The minimum atomic E-state index is -0.0295. The smallest absolute Gasteiger partial charge is 0.220 e. The molecular weight excluding hydrogens is 196 g/mol. The molecule has 0 fully saturated rings. The fourth-order valence-corrected chi connectivity index (χ4v) is 1.96. The first-order valence-corrected chi connectivity index (χ1v) is 5.10. The maximum Gasteiger partial charge on any atom is 0.220 e. The Morgan fingerprint density at radius 2 is 2.00 bits per heavy atom. The highest BCUT2D eigenvalue weighted by molar-refractivity contribution is 7.14. The Morgan fingerprint density at radius 3 is 2.36 bits per heavy atom. The van der Waals surface area contributed by atoms with E-state index in [-0.39, 0.29) is 5.78 Å². The molecule has 0 bridgehead atoms. The van der Waals surface area contributed by atoms with Crippen LogP contribution in [0, 0.1) is 13.8 Å². The van der Waals surface area contributed by atoms with Gasteiger partial charge in [-0.15, -0.1) is 11.3 Å². The third-order valence-electron chi connectivity index (χ3n) is 1.91. The Kier molecular flexibility index (Phi) is 3.06. The molecule has 0 aliphatic heterocycles. The lowest BCUT2D eigenvalue weighted by atomic mass is 10.2. The van der Waals surface area contributed by atoms with Crippen molar-refractivity contribution in [2.45, 2.75) is 13.8 Å². The summed E-state index contributed by atoms with van der Waals surface area (Å²) in [6, 6.07) is 0. The van der Waals surface area contributed by atoms with Crippen LogP contribution in [0.3, 0.4) is 0 Å². The monoisotopic (exact) mass is 210 g/mol. The van der Waals surface area contributed by atoms with Gasteiger partial charge in [-0.2, -0.15) is 0 Å². The second-order valence-corrected chi connectivity index (χ2v) is 4.52. The molecule has 0 aliphatic rings. The molecule has 1 heterocycles. The van der Waals surface area contributed by atoms with Gasteiger partial charge in [0.05, 0.1) is 21.3 Å². The summed E-state index contributed by atoms with van der Waals surface area (Å²) in [7, 11) is 3.62. The van der Waals surface area contributed by atoms with Gasteiger partial charge in [-0.1, -0.05) is 6.58 Å². The van der Waals surface area contributed by atoms with Crippen LogP contribution in [0.5, 0.6) is 0 Å². The topological polar surface area (TPSA) is 33.2 Å². The predicted molar refractivity (Wildman–Crippen MR) is 58.7 cm³/mol. The highest BCUT2D eigenvalue weighted by Crippen LogP contribution is 2.20. The summed E-state index contributed by atoms with van der Waals surface area (Å²) in [6.07, 6.45) is 0. The summed E-state index contributed by atoms with van der Waals surface area (Å²) >= 11 is 1.42. The maximum atomic E-state index is 11.8. The van der Waals surface area contributed by atoms with E-state index in [2.05, 4.69) is 11.6 Å². The molecule has 0 unspecified atom stereocenters. The molecule has 4 heteroatoms. The number of carbonyl (C=O) groups excluding carboxylic acids is 1. The Morgan fingerprint density at radius 1 is 1.43 bits per heavy atom. The van der Waals surface area contributed by atoms with Gasteiger partial charge in [0.2, 0.25) is 5.78 Å². The molecular formula is C10H14N2OS. The van der Waals surface area contributed by atoms with Crippen molar-refractivity contribution in [2.24, 2.45) is 0 Å². The van der Waals surface area contributed by atoms with Crippen molar-refractivity contribution in [3.63, 3.8) is 0 Å². The molecule has 0 spiro atoms. The van der Waals surface area contributed by atoms with Crippen LogP contribution in [-0.4, -0.2) is 29.8 Å². The lowest BCUT2D eigenvalue weighted by Crippen LogP contribution is -2.18. The first kappa shape index (κ1) is 10.9. The Bertz CT molecular complexity index is 379. The molecule has 1 aromatic rings. The Hall–Kier alpha value is -1.16. The maximum absolute atomic E-state index is 11.8. The largest absolute Gasteiger partial charge is 0.375 e. The third-order valence-corrected chi connectivity index (χ3v) is 2.98. The zero-order chi connectivity index (χ0) is 10.9. The highest BCUT2D eigenvalue weighted by Gasteiger charge is 2.17. The predicted octanol–water partition coefficient (Wildman–Crippen LogP) is 2.02. The van der Waals surface area contributed by atoms with Crippen molar-refractivity contribution in [1.29, 1.82) is 0 Å². The van der Waals surface area contributed by atoms with Crippen LogP contribution in [0.4, 0.5) is 0 Å². The number of allylic oxidation sites excluding steroid dienone is 1. The lowest BCUT2D eigenvalue weighted by molar-refractivity contribution is 0.101. The molecule has 0 saturated carbocycles. The molecule has 0 aromatic carbocycles. The average Bonchev–Trinajstić information content (AvgIpc) is 2.42. The van der Waals surface area contributed by atoms with Gasteiger partial charge in [0.1, 0.15) is 0 Å². The number of thiazole rings is 1. The first-order chi connectivity index (χ1) is 6.43. The zero-order valence-corrected chi connectivity index (χ0v) is 9.73. The second kappa shape index (κ2) is 3.92. The fraction of sp³-hybridized carbons (Fsp3) is 0.400. The molecule has 0 radical (unpaired) electrons. The molecule has 76 valence electrons. The Balaban J connectivity index is 3.01. The van der Waals surface area contributed by atoms with Gasteiger partial charge < -0.3 is 4.90 Å². The summed E-state index contributed by atoms with van der Waals surface area (Å²) in [6.45, 7) is 7.48. The van der Waals surface area contributed by atoms with Crippen LogP contribution < -0.4 is 0 Å². The standard InChI is InChI=1S/C10H14N2OS/c1-6-10(14-8(3)11-6)9(13)7(2)12(4)5/h2H2,1,3-5H3. The molecule has 0 N–H and O–H groups in total. The fourth-order valence-electron chi connectivity index (χ4n) is 1.08. The average molecular weight is 210 g/mol. The molecule has 0 atom stereocenters. The quantitative estimate of drug-likeness (QED) is 0.565. The summed E-state index contributed by atoms with van der Waals surface area (Å²) in [5, 5.41) is 0.914. The molecule has 1 rings (SSSR count). The molecule has 3 nitrogen and oxygen atoms in total. The normalized spacial score (nSPS) is 10.0. The highest BCUT2D eigenvalue weighted by atomic mass is 32.1. The SMILES string of the molecule is C=C(C(=O)c1sc(C)nc1C)N(C)C. The molecule has 0 aliphatic carbocycles. The number of ketones is 1. The van der Waals surface area contributed by atoms with Gasteiger partial charge in [-0.25, -0.2) is 4.98 Å². The van der Waals surface area contributed by atoms with Crippen LogP contribution in [0.25, 0.3) is 0 Å². The van der Waals surface area contributed by atoms with Crippen molar-refractivity contribution in [3.8, 4) is 0 Å². The number of Topliss-reactive ketones (excluding diaryl/α,β-unsaturated/α-hetero) is 1. The van der Waals surface area contributed by atoms with E-state index in [1.807, 2.05) is 27.9 Å². The van der Waals surface area contributed by atoms with Crippen molar-refractivity contribution in [3.05, 3.63) is 27.9 Å². The minimum absolute atomic E-state index is 0.0295. The van der Waals surface area contributed by atoms with E-state index >= 15 is 0 Å². The summed E-state index contributed by atoms with van der Waals surface area (Å²) < 4.78 is 0. The van der Waals surface area contributed by atoms with Gasteiger partial charge >= 0.3 is 0 Å². The van der Waals surface area contributed by atoms with E-state index in [0.29, 0.717) is 10.6 Å². The number of aryl methyl sites for hydroxylation is 2. The minimum Gasteiger partial charge on any atom is -0.375 e. The van der Waals surface area contributed by atoms with E-state index in [1.54, 1.807) is 4.90 Å². The summed E-state index contributed by atoms with van der Waals surface area (Å²) in [4.78, 5) is 18.5. The number of aromatic nitrogens is 1. The van der Waals surface area contributed by atoms with E-state index in [1.165, 1.54) is 11.3 Å². The van der Waals surface area contributed by atoms with Gasteiger partial charge in [-0.3, -0.25) is 4.79 Å². The molecule has 0 saturated heterocycles. The van der Waals surface area contributed by atoms with Crippen LogP contribution in [0.15, 0.2) is 12.3 Å².